The van der Waals surface area contributed by atoms with E-state index in [0.717, 1.165) is 6.42 Å². The molecule has 0 N–H and O–H groups in total. The molecule has 0 amide bonds. The van der Waals surface area contributed by atoms with Gasteiger partial charge in [-0.15, -0.1) is 0 Å². The molecule has 0 heteroatoms. The number of rotatable bonds is 5. The van der Waals surface area contributed by atoms with E-state index in [2.05, 4.69) is 129 Å². The van der Waals surface area contributed by atoms with Crippen LogP contribution in [-0.2, 0) is 5.41 Å². The molecule has 0 nitrogen and oxygen atoms in total. The molecule has 2 aliphatic carbocycles. The van der Waals surface area contributed by atoms with Gasteiger partial charge in [0.15, 0.2) is 0 Å². The Morgan fingerprint density at radius 1 is 0.743 bits per heavy atom. The smallest absolute Gasteiger partial charge is 0.0713 e. The monoisotopic (exact) mass is 452 g/mol. The molecule has 4 aromatic rings. The van der Waals surface area contributed by atoms with Gasteiger partial charge < -0.3 is 0 Å². The Kier molecular flexibility index (Phi) is 5.53. The second-order valence-corrected chi connectivity index (χ2v) is 9.99. The van der Waals surface area contributed by atoms with E-state index in [-0.39, 0.29) is 5.41 Å². The van der Waals surface area contributed by atoms with Crippen molar-refractivity contribution in [2.24, 2.45) is 0 Å². The SMILES string of the molecule is CCCC1=CC=CCC1c1cc2c(cc1C)C(c1ccccc1)(c1ccccc1)c1ccccc1-2. The molecule has 0 heterocycles. The zero-order valence-corrected chi connectivity index (χ0v) is 20.7. The highest BCUT2D eigenvalue weighted by Crippen LogP contribution is 2.57. The molecule has 0 bridgehead atoms. The first kappa shape index (κ1) is 21.9. The van der Waals surface area contributed by atoms with Crippen LogP contribution in [-0.4, -0.2) is 0 Å². The zero-order chi connectivity index (χ0) is 23.8. The van der Waals surface area contributed by atoms with Gasteiger partial charge in [0.05, 0.1) is 5.41 Å². The molecule has 0 fully saturated rings. The second-order valence-electron chi connectivity index (χ2n) is 9.99. The minimum atomic E-state index is -0.313. The topological polar surface area (TPSA) is 0 Å². The molecular weight excluding hydrogens is 420 g/mol. The van der Waals surface area contributed by atoms with Gasteiger partial charge in [-0.1, -0.05) is 128 Å². The summed E-state index contributed by atoms with van der Waals surface area (Å²) >= 11 is 0. The lowest BCUT2D eigenvalue weighted by Gasteiger charge is -2.34. The molecule has 1 atom stereocenters. The van der Waals surface area contributed by atoms with Crippen LogP contribution in [0.3, 0.4) is 0 Å². The van der Waals surface area contributed by atoms with E-state index in [4.69, 9.17) is 0 Å². The van der Waals surface area contributed by atoms with Gasteiger partial charge in [-0.3, -0.25) is 0 Å². The molecule has 2 aliphatic rings. The van der Waals surface area contributed by atoms with Gasteiger partial charge in [-0.05, 0) is 70.3 Å². The Morgan fingerprint density at radius 2 is 1.40 bits per heavy atom. The molecule has 6 rings (SSSR count). The lowest BCUT2D eigenvalue weighted by atomic mass is 9.67. The molecule has 172 valence electrons. The summed E-state index contributed by atoms with van der Waals surface area (Å²) in [6.07, 6.45) is 10.4. The standard InChI is InChI=1S/C35H32/c1-3-14-26-15-10-11-20-29(26)31-24-32-30-21-12-13-22-33(30)35(34(32)23-25(31)2,27-16-6-4-7-17-27)28-18-8-5-9-19-28/h4-13,15-19,21-24,29H,3,14,20H2,1-2H3. The first-order chi connectivity index (χ1) is 17.2. The predicted octanol–water partition coefficient (Wildman–Crippen LogP) is 9.13. The largest absolute Gasteiger partial charge is 0.0836 e. The summed E-state index contributed by atoms with van der Waals surface area (Å²) in [7, 11) is 0. The molecule has 4 aromatic carbocycles. The van der Waals surface area contributed by atoms with Gasteiger partial charge in [0, 0.05) is 5.92 Å². The van der Waals surface area contributed by atoms with E-state index in [1.165, 1.54) is 57.3 Å². The average molecular weight is 453 g/mol. The minimum Gasteiger partial charge on any atom is -0.0836 e. The van der Waals surface area contributed by atoms with Crippen molar-refractivity contribution in [1.29, 1.82) is 0 Å². The van der Waals surface area contributed by atoms with Crippen molar-refractivity contribution >= 4 is 0 Å². The van der Waals surface area contributed by atoms with Crippen LogP contribution in [0.15, 0.2) is 121 Å². The lowest BCUT2D eigenvalue weighted by molar-refractivity contribution is 0.721. The summed E-state index contributed by atoms with van der Waals surface area (Å²) in [5, 5.41) is 0. The summed E-state index contributed by atoms with van der Waals surface area (Å²) in [4.78, 5) is 0. The van der Waals surface area contributed by atoms with Crippen LogP contribution in [0.2, 0.25) is 0 Å². The molecule has 0 aliphatic heterocycles. The number of hydrogen-bond donors (Lipinski definition) is 0. The highest BCUT2D eigenvalue weighted by atomic mass is 14.5. The fourth-order valence-corrected chi connectivity index (χ4v) is 6.54. The molecule has 1 unspecified atom stereocenters. The quantitative estimate of drug-likeness (QED) is 0.249. The van der Waals surface area contributed by atoms with Crippen molar-refractivity contribution in [3.05, 3.63) is 154 Å². The fraction of sp³-hybridized carbons (Fsp3) is 0.200. The van der Waals surface area contributed by atoms with Crippen molar-refractivity contribution in [2.75, 3.05) is 0 Å². The van der Waals surface area contributed by atoms with E-state index in [0.29, 0.717) is 5.92 Å². The van der Waals surface area contributed by atoms with Crippen molar-refractivity contribution in [3.63, 3.8) is 0 Å². The summed E-state index contributed by atoms with van der Waals surface area (Å²) < 4.78 is 0. The summed E-state index contributed by atoms with van der Waals surface area (Å²) in [6.45, 7) is 4.61. The maximum atomic E-state index is 2.53. The van der Waals surface area contributed by atoms with E-state index < -0.39 is 0 Å². The van der Waals surface area contributed by atoms with Crippen LogP contribution >= 0.6 is 0 Å². The first-order valence-electron chi connectivity index (χ1n) is 13.0. The van der Waals surface area contributed by atoms with E-state index >= 15 is 0 Å². The molecule has 0 saturated carbocycles. The number of fused-ring (bicyclic) bond motifs is 3. The van der Waals surface area contributed by atoms with E-state index in [1.54, 1.807) is 5.57 Å². The Labute approximate surface area is 209 Å². The second kappa shape index (κ2) is 8.86. The van der Waals surface area contributed by atoms with Crippen molar-refractivity contribution in [3.8, 4) is 11.1 Å². The first-order valence-corrected chi connectivity index (χ1v) is 13.0. The maximum Gasteiger partial charge on any atom is 0.0713 e. The molecule has 0 radical (unpaired) electrons. The normalized spacial score (nSPS) is 17.5. The van der Waals surface area contributed by atoms with Gasteiger partial charge in [-0.25, -0.2) is 0 Å². The Hall–Kier alpha value is -3.64. The predicted molar refractivity (Wildman–Crippen MR) is 148 cm³/mol. The van der Waals surface area contributed by atoms with Crippen LogP contribution in [0.5, 0.6) is 0 Å². The van der Waals surface area contributed by atoms with Crippen LogP contribution in [0.4, 0.5) is 0 Å². The molecule has 0 saturated heterocycles. The Bertz CT molecular complexity index is 1380. The molecule has 0 aromatic heterocycles. The van der Waals surface area contributed by atoms with Crippen molar-refractivity contribution in [1.82, 2.24) is 0 Å². The Morgan fingerprint density at radius 3 is 2.09 bits per heavy atom. The van der Waals surface area contributed by atoms with Gasteiger partial charge in [-0.2, -0.15) is 0 Å². The van der Waals surface area contributed by atoms with Crippen LogP contribution < -0.4 is 0 Å². The average Bonchev–Trinajstić information content (AvgIpc) is 3.20. The minimum absolute atomic E-state index is 0.313. The van der Waals surface area contributed by atoms with Gasteiger partial charge in [0.1, 0.15) is 0 Å². The van der Waals surface area contributed by atoms with Crippen LogP contribution in [0.25, 0.3) is 11.1 Å². The number of hydrogen-bond acceptors (Lipinski definition) is 0. The highest BCUT2D eigenvalue weighted by molar-refractivity contribution is 5.87. The van der Waals surface area contributed by atoms with Crippen molar-refractivity contribution in [2.45, 2.75) is 44.4 Å². The lowest BCUT2D eigenvalue weighted by Crippen LogP contribution is -2.28. The highest BCUT2D eigenvalue weighted by Gasteiger charge is 2.46. The van der Waals surface area contributed by atoms with Gasteiger partial charge >= 0.3 is 0 Å². The van der Waals surface area contributed by atoms with Gasteiger partial charge in [0.25, 0.3) is 0 Å². The van der Waals surface area contributed by atoms with Crippen LogP contribution in [0, 0.1) is 6.92 Å². The summed E-state index contributed by atoms with van der Waals surface area (Å²) in [6, 6.07) is 36.3. The summed E-state index contributed by atoms with van der Waals surface area (Å²) in [5.74, 6) is 0.473. The fourth-order valence-electron chi connectivity index (χ4n) is 6.54. The number of benzene rings is 4. The number of aryl methyl sites for hydroxylation is 1. The third-order valence-corrected chi connectivity index (χ3v) is 8.02. The maximum absolute atomic E-state index is 2.53. The van der Waals surface area contributed by atoms with Gasteiger partial charge in [0.2, 0.25) is 0 Å². The van der Waals surface area contributed by atoms with Crippen molar-refractivity contribution < 1.29 is 0 Å². The van der Waals surface area contributed by atoms with Crippen LogP contribution in [0.1, 0.15) is 65.5 Å². The third-order valence-electron chi connectivity index (χ3n) is 8.02. The molecule has 0 spiro atoms. The molecule has 35 heavy (non-hydrogen) atoms. The zero-order valence-electron chi connectivity index (χ0n) is 20.7. The molecular formula is C35H32. The Balaban J connectivity index is 1.65. The third kappa shape index (κ3) is 3.35. The summed E-state index contributed by atoms with van der Waals surface area (Å²) in [5.41, 5.74) is 12.3. The van der Waals surface area contributed by atoms with E-state index in [9.17, 15) is 0 Å². The number of allylic oxidation sites excluding steroid dienone is 4. The van der Waals surface area contributed by atoms with E-state index in [1.807, 2.05) is 0 Å².